The molecule has 2 heterocycles. The topological polar surface area (TPSA) is 69.9 Å². The van der Waals surface area contributed by atoms with Crippen LogP contribution in [0.3, 0.4) is 0 Å². The first-order valence-corrected chi connectivity index (χ1v) is 7.23. The molecule has 0 amide bonds. The van der Waals surface area contributed by atoms with Crippen LogP contribution in [0.5, 0.6) is 0 Å². The third-order valence-electron chi connectivity index (χ3n) is 2.53. The molecule has 0 aliphatic rings. The van der Waals surface area contributed by atoms with Gasteiger partial charge in [0.1, 0.15) is 0 Å². The van der Waals surface area contributed by atoms with Gasteiger partial charge < -0.3 is 4.74 Å². The predicted molar refractivity (Wildman–Crippen MR) is 76.6 cm³/mol. The summed E-state index contributed by atoms with van der Waals surface area (Å²) in [5.41, 5.74) is 1.61. The van der Waals surface area contributed by atoms with Gasteiger partial charge in [0.15, 0.2) is 5.69 Å². The summed E-state index contributed by atoms with van der Waals surface area (Å²) in [7, 11) is 0. The number of rotatable bonds is 5. The molecular formula is C12H12BrClN4O2. The summed E-state index contributed by atoms with van der Waals surface area (Å²) in [4.78, 5) is 15.8. The van der Waals surface area contributed by atoms with Crippen molar-refractivity contribution < 1.29 is 9.53 Å². The molecular weight excluding hydrogens is 348 g/mol. The standard InChI is InChI=1S/C12H12BrClN4O2/c1-2-20-12(19)11-10(4-14)18(17-16-11)7-8-3-9(13)6-15-5-8/h3,5-6H,2,4,7H2,1H3. The molecule has 0 N–H and O–H groups in total. The summed E-state index contributed by atoms with van der Waals surface area (Å²) in [5, 5.41) is 7.80. The van der Waals surface area contributed by atoms with E-state index in [9.17, 15) is 4.79 Å². The average molecular weight is 360 g/mol. The van der Waals surface area contributed by atoms with Crippen molar-refractivity contribution in [2.45, 2.75) is 19.3 Å². The molecule has 0 saturated heterocycles. The summed E-state index contributed by atoms with van der Waals surface area (Å²) in [6, 6.07) is 1.91. The van der Waals surface area contributed by atoms with Gasteiger partial charge in [-0.1, -0.05) is 5.21 Å². The van der Waals surface area contributed by atoms with Gasteiger partial charge in [0, 0.05) is 16.9 Å². The Bertz CT molecular complexity index is 617. The highest BCUT2D eigenvalue weighted by Gasteiger charge is 2.20. The highest BCUT2D eigenvalue weighted by Crippen LogP contribution is 2.14. The van der Waals surface area contributed by atoms with Gasteiger partial charge in [0.25, 0.3) is 0 Å². The lowest BCUT2D eigenvalue weighted by molar-refractivity contribution is 0.0518. The van der Waals surface area contributed by atoms with Gasteiger partial charge in [-0.25, -0.2) is 9.48 Å². The van der Waals surface area contributed by atoms with E-state index in [1.54, 1.807) is 24.0 Å². The van der Waals surface area contributed by atoms with Gasteiger partial charge >= 0.3 is 5.97 Å². The highest BCUT2D eigenvalue weighted by molar-refractivity contribution is 9.10. The second-order valence-corrected chi connectivity index (χ2v) is 5.09. The summed E-state index contributed by atoms with van der Waals surface area (Å²) >= 11 is 9.24. The highest BCUT2D eigenvalue weighted by atomic mass is 79.9. The number of halogens is 2. The SMILES string of the molecule is CCOC(=O)c1nnn(Cc2cncc(Br)c2)c1CCl. The van der Waals surface area contributed by atoms with Gasteiger partial charge in [-0.15, -0.1) is 16.7 Å². The molecule has 0 unspecified atom stereocenters. The Balaban J connectivity index is 2.27. The molecule has 0 atom stereocenters. The molecule has 0 aliphatic carbocycles. The van der Waals surface area contributed by atoms with E-state index in [0.29, 0.717) is 12.2 Å². The molecule has 0 spiro atoms. The summed E-state index contributed by atoms with van der Waals surface area (Å²) < 4.78 is 7.36. The van der Waals surface area contributed by atoms with Crippen molar-refractivity contribution in [1.29, 1.82) is 0 Å². The van der Waals surface area contributed by atoms with Crippen molar-refractivity contribution in [2.75, 3.05) is 6.61 Å². The van der Waals surface area contributed by atoms with Gasteiger partial charge in [0.05, 0.1) is 24.7 Å². The van der Waals surface area contributed by atoms with Crippen molar-refractivity contribution in [3.05, 3.63) is 39.9 Å². The third kappa shape index (κ3) is 3.34. The first-order valence-electron chi connectivity index (χ1n) is 5.90. The zero-order valence-electron chi connectivity index (χ0n) is 10.7. The molecule has 0 fully saturated rings. The van der Waals surface area contributed by atoms with E-state index in [1.807, 2.05) is 6.07 Å². The van der Waals surface area contributed by atoms with Gasteiger partial charge in [0.2, 0.25) is 0 Å². The minimum atomic E-state index is -0.512. The molecule has 2 aromatic heterocycles. The zero-order chi connectivity index (χ0) is 14.5. The minimum absolute atomic E-state index is 0.128. The van der Waals surface area contributed by atoms with Crippen molar-refractivity contribution in [3.63, 3.8) is 0 Å². The molecule has 0 saturated carbocycles. The lowest BCUT2D eigenvalue weighted by atomic mass is 10.2. The van der Waals surface area contributed by atoms with Crippen LogP contribution < -0.4 is 0 Å². The number of alkyl halides is 1. The Labute approximate surface area is 129 Å². The fourth-order valence-corrected chi connectivity index (χ4v) is 2.34. The molecule has 0 radical (unpaired) electrons. The minimum Gasteiger partial charge on any atom is -0.461 e. The maximum Gasteiger partial charge on any atom is 0.360 e. The van der Waals surface area contributed by atoms with Crippen LogP contribution in [0.4, 0.5) is 0 Å². The zero-order valence-corrected chi connectivity index (χ0v) is 13.1. The van der Waals surface area contributed by atoms with Crippen LogP contribution in [-0.2, 0) is 17.2 Å². The molecule has 20 heavy (non-hydrogen) atoms. The molecule has 106 valence electrons. The predicted octanol–water partition coefficient (Wildman–Crippen LogP) is 2.40. The number of carbonyl (C=O) groups is 1. The van der Waals surface area contributed by atoms with Crippen LogP contribution in [0.15, 0.2) is 22.9 Å². The van der Waals surface area contributed by atoms with E-state index < -0.39 is 5.97 Å². The number of pyridine rings is 1. The molecule has 0 aliphatic heterocycles. The largest absolute Gasteiger partial charge is 0.461 e. The van der Waals surface area contributed by atoms with E-state index in [1.165, 1.54) is 0 Å². The molecule has 8 heteroatoms. The number of hydrogen-bond acceptors (Lipinski definition) is 5. The van der Waals surface area contributed by atoms with Crippen molar-refractivity contribution >= 4 is 33.5 Å². The lowest BCUT2D eigenvalue weighted by Crippen LogP contribution is -2.10. The summed E-state index contributed by atoms with van der Waals surface area (Å²) in [6.45, 7) is 2.44. The Morgan fingerprint density at radius 2 is 2.30 bits per heavy atom. The lowest BCUT2D eigenvalue weighted by Gasteiger charge is -2.05. The fourth-order valence-electron chi connectivity index (χ4n) is 1.67. The first-order chi connectivity index (χ1) is 9.65. The van der Waals surface area contributed by atoms with Gasteiger partial charge in [-0.2, -0.15) is 0 Å². The first kappa shape index (κ1) is 14.9. The van der Waals surface area contributed by atoms with E-state index in [4.69, 9.17) is 16.3 Å². The van der Waals surface area contributed by atoms with Crippen molar-refractivity contribution in [1.82, 2.24) is 20.0 Å². The van der Waals surface area contributed by atoms with E-state index >= 15 is 0 Å². The number of nitrogens with zero attached hydrogens (tertiary/aromatic N) is 4. The van der Waals surface area contributed by atoms with Crippen LogP contribution >= 0.6 is 27.5 Å². The number of aromatic nitrogens is 4. The summed E-state index contributed by atoms with van der Waals surface area (Å²) in [6.07, 6.45) is 3.41. The number of esters is 1. The van der Waals surface area contributed by atoms with Crippen LogP contribution in [0.25, 0.3) is 0 Å². The molecule has 0 aromatic carbocycles. The maximum absolute atomic E-state index is 11.7. The van der Waals surface area contributed by atoms with E-state index in [0.717, 1.165) is 10.0 Å². The monoisotopic (exact) mass is 358 g/mol. The number of ether oxygens (including phenoxy) is 1. The maximum atomic E-state index is 11.7. The number of hydrogen-bond donors (Lipinski definition) is 0. The average Bonchev–Trinajstić information content (AvgIpc) is 2.82. The smallest absolute Gasteiger partial charge is 0.360 e. The Hall–Kier alpha value is -1.47. The van der Waals surface area contributed by atoms with E-state index in [2.05, 4.69) is 31.2 Å². The second kappa shape index (κ2) is 6.81. The quantitative estimate of drug-likeness (QED) is 0.605. The number of carbonyl (C=O) groups excluding carboxylic acids is 1. The second-order valence-electron chi connectivity index (χ2n) is 3.91. The molecule has 2 aromatic rings. The van der Waals surface area contributed by atoms with Crippen LogP contribution in [0, 0.1) is 0 Å². The summed E-state index contributed by atoms with van der Waals surface area (Å²) in [5.74, 6) is -0.385. The molecule has 0 bridgehead atoms. The van der Waals surface area contributed by atoms with Crippen LogP contribution in [0.1, 0.15) is 28.7 Å². The molecule has 2 rings (SSSR count). The van der Waals surface area contributed by atoms with Crippen LogP contribution in [-0.4, -0.2) is 32.6 Å². The van der Waals surface area contributed by atoms with Crippen molar-refractivity contribution in [2.24, 2.45) is 0 Å². The van der Waals surface area contributed by atoms with Crippen LogP contribution in [0.2, 0.25) is 0 Å². The van der Waals surface area contributed by atoms with Gasteiger partial charge in [-0.3, -0.25) is 4.98 Å². The Kier molecular flexibility index (Phi) is 5.08. The normalized spacial score (nSPS) is 10.6. The van der Waals surface area contributed by atoms with Crippen molar-refractivity contribution in [3.8, 4) is 0 Å². The molecule has 6 nitrogen and oxygen atoms in total. The van der Waals surface area contributed by atoms with Gasteiger partial charge in [-0.05, 0) is 34.5 Å². The third-order valence-corrected chi connectivity index (χ3v) is 3.21. The van der Waals surface area contributed by atoms with E-state index in [-0.39, 0.29) is 18.2 Å². The Morgan fingerprint density at radius 3 is 2.95 bits per heavy atom. The Morgan fingerprint density at radius 1 is 1.50 bits per heavy atom. The fraction of sp³-hybridized carbons (Fsp3) is 0.333.